The number of unbranched alkanes of at least 4 members (excludes halogenated alkanes) is 1. The van der Waals surface area contributed by atoms with Crippen LogP contribution in [0, 0.1) is 5.92 Å². The van der Waals surface area contributed by atoms with Gasteiger partial charge in [-0.05, 0) is 12.5 Å². The van der Waals surface area contributed by atoms with E-state index in [0.29, 0.717) is 13.0 Å². The standard InChI is InChI=1S/C16H20O4/c1-3-4-7-12(16(18)19-2)15(17)13-10-20-14-9-6-5-8-11(13)14/h5-6,8-9,12-13H,3-4,7,10H2,1-2H3. The van der Waals surface area contributed by atoms with E-state index >= 15 is 0 Å². The quantitative estimate of drug-likeness (QED) is 0.592. The van der Waals surface area contributed by atoms with Crippen LogP contribution in [-0.4, -0.2) is 25.5 Å². The molecule has 4 nitrogen and oxygen atoms in total. The molecule has 4 heteroatoms. The van der Waals surface area contributed by atoms with E-state index in [9.17, 15) is 9.59 Å². The Morgan fingerprint density at radius 2 is 2.15 bits per heavy atom. The molecule has 0 saturated heterocycles. The zero-order valence-electron chi connectivity index (χ0n) is 11.9. The Balaban J connectivity index is 2.18. The summed E-state index contributed by atoms with van der Waals surface area (Å²) < 4.78 is 10.3. The number of hydrogen-bond donors (Lipinski definition) is 0. The van der Waals surface area contributed by atoms with Gasteiger partial charge in [0, 0.05) is 5.56 Å². The molecule has 0 saturated carbocycles. The lowest BCUT2D eigenvalue weighted by Crippen LogP contribution is -2.30. The maximum absolute atomic E-state index is 12.6. The van der Waals surface area contributed by atoms with Gasteiger partial charge in [0.2, 0.25) is 0 Å². The molecule has 0 aromatic heterocycles. The van der Waals surface area contributed by atoms with E-state index in [2.05, 4.69) is 0 Å². The summed E-state index contributed by atoms with van der Waals surface area (Å²) in [7, 11) is 1.33. The van der Waals surface area contributed by atoms with Gasteiger partial charge in [-0.3, -0.25) is 9.59 Å². The molecule has 1 aromatic rings. The van der Waals surface area contributed by atoms with E-state index in [1.165, 1.54) is 7.11 Å². The second kappa shape index (κ2) is 6.55. The molecule has 0 amide bonds. The molecule has 1 aromatic carbocycles. The van der Waals surface area contributed by atoms with Crippen molar-refractivity contribution in [2.75, 3.05) is 13.7 Å². The molecular formula is C16H20O4. The van der Waals surface area contributed by atoms with Crippen molar-refractivity contribution in [3.05, 3.63) is 29.8 Å². The van der Waals surface area contributed by atoms with E-state index in [1.54, 1.807) is 0 Å². The van der Waals surface area contributed by atoms with E-state index in [0.717, 1.165) is 24.2 Å². The molecule has 2 atom stereocenters. The highest BCUT2D eigenvalue weighted by atomic mass is 16.5. The Bertz CT molecular complexity index is 495. The van der Waals surface area contributed by atoms with Gasteiger partial charge in [-0.25, -0.2) is 0 Å². The fourth-order valence-electron chi connectivity index (χ4n) is 2.57. The Morgan fingerprint density at radius 1 is 1.40 bits per heavy atom. The fraction of sp³-hybridized carbons (Fsp3) is 0.500. The minimum Gasteiger partial charge on any atom is -0.492 e. The van der Waals surface area contributed by atoms with Gasteiger partial charge in [0.05, 0.1) is 13.0 Å². The second-order valence-corrected chi connectivity index (χ2v) is 5.02. The normalized spacial score (nSPS) is 18.0. The van der Waals surface area contributed by atoms with Crippen molar-refractivity contribution in [2.24, 2.45) is 5.92 Å². The zero-order valence-corrected chi connectivity index (χ0v) is 11.9. The van der Waals surface area contributed by atoms with Gasteiger partial charge in [0.25, 0.3) is 0 Å². The van der Waals surface area contributed by atoms with Crippen molar-refractivity contribution < 1.29 is 19.1 Å². The largest absolute Gasteiger partial charge is 0.492 e. The highest BCUT2D eigenvalue weighted by Gasteiger charge is 2.37. The van der Waals surface area contributed by atoms with Crippen molar-refractivity contribution in [3.8, 4) is 5.75 Å². The van der Waals surface area contributed by atoms with Gasteiger partial charge in [-0.15, -0.1) is 0 Å². The lowest BCUT2D eigenvalue weighted by molar-refractivity contribution is -0.150. The van der Waals surface area contributed by atoms with Gasteiger partial charge in [0.1, 0.15) is 18.3 Å². The number of esters is 1. The number of methoxy groups -OCH3 is 1. The van der Waals surface area contributed by atoms with E-state index in [4.69, 9.17) is 9.47 Å². The van der Waals surface area contributed by atoms with Crippen LogP contribution >= 0.6 is 0 Å². The summed E-state index contributed by atoms with van der Waals surface area (Å²) >= 11 is 0. The van der Waals surface area contributed by atoms with Crippen LogP contribution in [0.4, 0.5) is 0 Å². The first kappa shape index (κ1) is 14.6. The van der Waals surface area contributed by atoms with Gasteiger partial charge >= 0.3 is 5.97 Å². The van der Waals surface area contributed by atoms with Gasteiger partial charge < -0.3 is 9.47 Å². The second-order valence-electron chi connectivity index (χ2n) is 5.02. The Hall–Kier alpha value is -1.84. The monoisotopic (exact) mass is 276 g/mol. The molecule has 0 aliphatic carbocycles. The minimum atomic E-state index is -0.681. The maximum Gasteiger partial charge on any atom is 0.316 e. The Morgan fingerprint density at radius 3 is 2.85 bits per heavy atom. The van der Waals surface area contributed by atoms with E-state index in [-0.39, 0.29) is 11.7 Å². The molecule has 0 N–H and O–H groups in total. The first-order chi connectivity index (χ1) is 9.69. The predicted octanol–water partition coefficient (Wildman–Crippen LogP) is 2.71. The Kier molecular flexibility index (Phi) is 4.77. The minimum absolute atomic E-state index is 0.0877. The van der Waals surface area contributed by atoms with Crippen LogP contribution in [0.3, 0.4) is 0 Å². The molecule has 2 rings (SSSR count). The first-order valence-corrected chi connectivity index (χ1v) is 7.02. The fourth-order valence-corrected chi connectivity index (χ4v) is 2.57. The molecule has 0 fully saturated rings. The first-order valence-electron chi connectivity index (χ1n) is 7.02. The number of ketones is 1. The van der Waals surface area contributed by atoms with Crippen molar-refractivity contribution in [1.29, 1.82) is 0 Å². The molecule has 1 aliphatic heterocycles. The average Bonchev–Trinajstić information content (AvgIpc) is 2.91. The Labute approximate surface area is 119 Å². The third-order valence-electron chi connectivity index (χ3n) is 3.72. The van der Waals surface area contributed by atoms with Crippen LogP contribution < -0.4 is 4.74 Å². The van der Waals surface area contributed by atoms with Crippen molar-refractivity contribution in [2.45, 2.75) is 32.1 Å². The summed E-state index contributed by atoms with van der Waals surface area (Å²) in [5.74, 6) is -0.820. The summed E-state index contributed by atoms with van der Waals surface area (Å²) in [4.78, 5) is 24.5. The number of hydrogen-bond acceptors (Lipinski definition) is 4. The third kappa shape index (κ3) is 2.84. The summed E-state index contributed by atoms with van der Waals surface area (Å²) in [6.07, 6.45) is 2.32. The highest BCUT2D eigenvalue weighted by molar-refractivity contribution is 6.02. The van der Waals surface area contributed by atoms with Crippen LogP contribution in [0.1, 0.15) is 37.7 Å². The SMILES string of the molecule is CCCCC(C(=O)OC)C(=O)C1COc2ccccc21. The number of benzene rings is 1. The van der Waals surface area contributed by atoms with Crippen LogP contribution in [-0.2, 0) is 14.3 Å². The molecule has 20 heavy (non-hydrogen) atoms. The van der Waals surface area contributed by atoms with Crippen LogP contribution in [0.25, 0.3) is 0 Å². The van der Waals surface area contributed by atoms with Gasteiger partial charge in [-0.1, -0.05) is 38.0 Å². The summed E-state index contributed by atoms with van der Waals surface area (Å²) in [5.41, 5.74) is 0.878. The zero-order chi connectivity index (χ0) is 14.5. The molecule has 1 aliphatic rings. The molecular weight excluding hydrogens is 256 g/mol. The number of Topliss-reactive ketones (excluding diaryl/α,β-unsaturated/α-hetero) is 1. The van der Waals surface area contributed by atoms with Crippen LogP contribution in [0.2, 0.25) is 0 Å². The predicted molar refractivity (Wildman–Crippen MR) is 74.7 cm³/mol. The lowest BCUT2D eigenvalue weighted by Gasteiger charge is -2.16. The molecule has 0 bridgehead atoms. The highest BCUT2D eigenvalue weighted by Crippen LogP contribution is 2.36. The van der Waals surface area contributed by atoms with Crippen LogP contribution in [0.15, 0.2) is 24.3 Å². The summed E-state index contributed by atoms with van der Waals surface area (Å²) in [6.45, 7) is 2.35. The number of para-hydroxylation sites is 1. The van der Waals surface area contributed by atoms with Crippen LogP contribution in [0.5, 0.6) is 5.75 Å². The number of ether oxygens (including phenoxy) is 2. The average molecular weight is 276 g/mol. The topological polar surface area (TPSA) is 52.6 Å². The number of rotatable bonds is 6. The molecule has 108 valence electrons. The van der Waals surface area contributed by atoms with E-state index in [1.807, 2.05) is 31.2 Å². The number of carbonyl (C=O) groups excluding carboxylic acids is 2. The smallest absolute Gasteiger partial charge is 0.316 e. The van der Waals surface area contributed by atoms with E-state index < -0.39 is 11.9 Å². The van der Waals surface area contributed by atoms with Gasteiger partial charge in [0.15, 0.2) is 5.78 Å². The molecule has 2 unspecified atom stereocenters. The number of fused-ring (bicyclic) bond motifs is 1. The van der Waals surface area contributed by atoms with Crippen molar-refractivity contribution in [1.82, 2.24) is 0 Å². The summed E-state index contributed by atoms with van der Waals surface area (Å²) in [6, 6.07) is 7.49. The molecule has 0 spiro atoms. The van der Waals surface area contributed by atoms with Crippen molar-refractivity contribution in [3.63, 3.8) is 0 Å². The van der Waals surface area contributed by atoms with Gasteiger partial charge in [-0.2, -0.15) is 0 Å². The maximum atomic E-state index is 12.6. The third-order valence-corrected chi connectivity index (χ3v) is 3.72. The summed E-state index contributed by atoms with van der Waals surface area (Å²) in [5, 5.41) is 0. The van der Waals surface area contributed by atoms with Crippen molar-refractivity contribution >= 4 is 11.8 Å². The lowest BCUT2D eigenvalue weighted by atomic mass is 9.86. The molecule has 1 heterocycles. The number of carbonyl (C=O) groups is 2. The molecule has 0 radical (unpaired) electrons.